The third kappa shape index (κ3) is 6.73. The van der Waals surface area contributed by atoms with Crippen molar-refractivity contribution in [2.75, 3.05) is 0 Å². The first kappa shape index (κ1) is 28.2. The molecule has 7 aromatic rings. The van der Waals surface area contributed by atoms with E-state index in [1.807, 2.05) is 49.6 Å². The maximum Gasteiger partial charge on any atom is 0 e. The van der Waals surface area contributed by atoms with Crippen molar-refractivity contribution >= 4 is 60.2 Å². The van der Waals surface area contributed by atoms with E-state index in [2.05, 4.69) is 94.4 Å². The van der Waals surface area contributed by atoms with Crippen molar-refractivity contribution in [2.45, 2.75) is 57.3 Å². The number of rotatable bonds is 5. The van der Waals surface area contributed by atoms with Gasteiger partial charge in [-0.3, -0.25) is 4.98 Å². The molecule has 0 aliphatic heterocycles. The van der Waals surface area contributed by atoms with Gasteiger partial charge in [-0.1, -0.05) is 41.3 Å². The summed E-state index contributed by atoms with van der Waals surface area (Å²) in [5.74, 6) is 7.19. The first-order valence-electron chi connectivity index (χ1n) is 17.0. The van der Waals surface area contributed by atoms with Crippen LogP contribution in [-0.2, 0) is 26.7 Å². The molecule has 0 amide bonds. The summed E-state index contributed by atoms with van der Waals surface area (Å²) in [6, 6.07) is 34.4. The summed E-state index contributed by atoms with van der Waals surface area (Å²) in [4.78, 5) is 9.49. The van der Waals surface area contributed by atoms with Crippen molar-refractivity contribution < 1.29 is 25.6 Å². The van der Waals surface area contributed by atoms with Gasteiger partial charge in [0.2, 0.25) is 0 Å². The van der Waals surface area contributed by atoms with Gasteiger partial charge in [-0.25, -0.2) is 0 Å². The normalized spacial score (nSPS) is 13.4. The van der Waals surface area contributed by atoms with Crippen LogP contribution in [0.1, 0.15) is 43.3 Å². The maximum atomic E-state index is 8.49. The predicted octanol–water partition coefficient (Wildman–Crippen LogP) is 10.4. The van der Waals surface area contributed by atoms with E-state index in [-0.39, 0.29) is 25.7 Å². The number of para-hydroxylation sites is 2. The SMILES string of the molecule is CCn1c(-c2[c-]ccc3c2sc2ccccc23)nc2ccccc21.[2H]C([2H])([2H])c1c[c-]c(-c2cc(C([2H])(C)C)[c]([Ge]([CH3])([CH3])[CH3])cn2)cc1.[Ir]. The Morgan fingerprint density at radius 3 is 2.47 bits per heavy atom. The first-order valence-corrected chi connectivity index (χ1v) is 23.1. The van der Waals surface area contributed by atoms with Crippen LogP contribution in [0.4, 0.5) is 0 Å². The molecule has 0 spiro atoms. The van der Waals surface area contributed by atoms with Gasteiger partial charge in [-0.15, -0.1) is 18.2 Å². The molecule has 0 aliphatic carbocycles. The van der Waals surface area contributed by atoms with Gasteiger partial charge in [0.05, 0.1) is 16.9 Å². The zero-order valence-corrected chi connectivity index (χ0v) is 31.8. The number of aryl methyl sites for hydroxylation is 2. The Kier molecular flexibility index (Phi) is 8.59. The molecular weight excluding hydrogens is 807 g/mol. The van der Waals surface area contributed by atoms with Gasteiger partial charge in [0.1, 0.15) is 0 Å². The van der Waals surface area contributed by atoms with Gasteiger partial charge in [0, 0.05) is 31.4 Å². The second-order valence-corrected chi connectivity index (χ2v) is 23.8. The maximum absolute atomic E-state index is 8.49. The smallest absolute Gasteiger partial charge is 0 e. The molecule has 0 fully saturated rings. The van der Waals surface area contributed by atoms with E-state index in [9.17, 15) is 0 Å². The summed E-state index contributed by atoms with van der Waals surface area (Å²) in [5.41, 5.74) is 6.09. The van der Waals surface area contributed by atoms with Gasteiger partial charge >= 0.3 is 131 Å². The predicted molar refractivity (Wildman–Crippen MR) is 193 cm³/mol. The van der Waals surface area contributed by atoms with E-state index in [4.69, 9.17) is 10.5 Å². The molecule has 0 saturated carbocycles. The molecule has 231 valence electrons. The summed E-state index contributed by atoms with van der Waals surface area (Å²) in [6.07, 6.45) is 1.91. The first-order chi connectivity index (χ1) is 22.7. The molecule has 3 heterocycles. The molecule has 0 atom stereocenters. The monoisotopic (exact) mass is 852 g/mol. The number of pyridine rings is 1. The Bertz CT molecular complexity index is 2240. The third-order valence-electron chi connectivity index (χ3n) is 7.87. The van der Waals surface area contributed by atoms with E-state index in [0.717, 1.165) is 40.3 Å². The summed E-state index contributed by atoms with van der Waals surface area (Å²) >= 11 is -0.313. The number of benzene rings is 4. The van der Waals surface area contributed by atoms with E-state index in [0.29, 0.717) is 0 Å². The molecule has 0 bridgehead atoms. The van der Waals surface area contributed by atoms with E-state index < -0.39 is 26.0 Å². The zero-order chi connectivity index (χ0) is 34.4. The number of hydrogen-bond acceptors (Lipinski definition) is 3. The fourth-order valence-corrected chi connectivity index (χ4v) is 10.2. The van der Waals surface area contributed by atoms with E-state index >= 15 is 0 Å². The Morgan fingerprint density at radius 1 is 0.978 bits per heavy atom. The van der Waals surface area contributed by atoms with Gasteiger partial charge in [-0.2, -0.15) is 11.3 Å². The van der Waals surface area contributed by atoms with Crippen LogP contribution in [0.15, 0.2) is 91.1 Å². The Hall–Kier alpha value is -3.09. The molecule has 6 heteroatoms. The minimum atomic E-state index is -2.14. The van der Waals surface area contributed by atoms with Crippen LogP contribution in [0.2, 0.25) is 17.3 Å². The van der Waals surface area contributed by atoms with Crippen molar-refractivity contribution in [1.29, 1.82) is 0 Å². The molecule has 0 saturated heterocycles. The van der Waals surface area contributed by atoms with Crippen LogP contribution < -0.4 is 4.40 Å². The summed E-state index contributed by atoms with van der Waals surface area (Å²) in [6.45, 7) is 4.73. The van der Waals surface area contributed by atoms with Gasteiger partial charge < -0.3 is 4.57 Å². The summed E-state index contributed by atoms with van der Waals surface area (Å²) in [7, 11) is 0. The number of fused-ring (bicyclic) bond motifs is 4. The van der Waals surface area contributed by atoms with Crippen molar-refractivity contribution in [2.24, 2.45) is 0 Å². The average Bonchev–Trinajstić information content (AvgIpc) is 3.62. The molecule has 1 radical (unpaired) electrons. The molecule has 3 aromatic heterocycles. The van der Waals surface area contributed by atoms with Gasteiger partial charge in [0.15, 0.2) is 0 Å². The number of aromatic nitrogens is 3. The van der Waals surface area contributed by atoms with Gasteiger partial charge in [-0.05, 0) is 35.2 Å². The number of imidazole rings is 1. The molecule has 7 rings (SSSR count). The van der Waals surface area contributed by atoms with Crippen LogP contribution in [0, 0.1) is 19.0 Å². The fraction of sp³-hybridized carbons (Fsp3) is 0.231. The topological polar surface area (TPSA) is 30.7 Å². The van der Waals surface area contributed by atoms with Crippen LogP contribution in [-0.4, -0.2) is 27.8 Å². The van der Waals surface area contributed by atoms with Crippen LogP contribution in [0.3, 0.4) is 0 Å². The standard InChI is InChI=1S/C21H15N2S.C18H24GeN.Ir/c1-2-23-18-12-5-4-11-17(18)22-21(23)16-10-7-9-15-14-8-3-6-13-19(14)24-20(15)16;1-13(2)16-11-18(15-9-7-14(3)8-10-15)20-12-17(16)19(4,5)6;/h3-9,11-13H,2H2,1H3;7-9,11-13H,1-6H3;/q2*-1;/i;3D3,13D;. The van der Waals surface area contributed by atoms with Crippen molar-refractivity contribution in [1.82, 2.24) is 14.5 Å². The second kappa shape index (κ2) is 13.7. The van der Waals surface area contributed by atoms with Crippen LogP contribution in [0.5, 0.6) is 0 Å². The molecule has 0 N–H and O–H groups in total. The molecular formula is C39H39GeIrN3S-2. The van der Waals surface area contributed by atoms with E-state index in [1.54, 1.807) is 12.1 Å². The van der Waals surface area contributed by atoms with Crippen molar-refractivity contribution in [3.63, 3.8) is 0 Å². The number of hydrogen-bond donors (Lipinski definition) is 0. The Labute approximate surface area is 293 Å². The van der Waals surface area contributed by atoms with Crippen LogP contribution in [0.25, 0.3) is 53.9 Å². The van der Waals surface area contributed by atoms with Crippen molar-refractivity contribution in [3.8, 4) is 22.6 Å². The third-order valence-corrected chi connectivity index (χ3v) is 13.3. The quantitative estimate of drug-likeness (QED) is 0.128. The summed E-state index contributed by atoms with van der Waals surface area (Å²) < 4.78 is 36.9. The van der Waals surface area contributed by atoms with Crippen LogP contribution >= 0.6 is 11.3 Å². The molecule has 3 nitrogen and oxygen atoms in total. The minimum absolute atomic E-state index is 0. The largest absolute Gasteiger partial charge is 0 e. The molecule has 0 aliphatic rings. The number of nitrogens with zero attached hydrogens (tertiary/aromatic N) is 3. The molecule has 4 aromatic carbocycles. The fourth-order valence-electron chi connectivity index (χ4n) is 5.64. The average molecular weight is 851 g/mol. The van der Waals surface area contributed by atoms with Gasteiger partial charge in [0.25, 0.3) is 0 Å². The Morgan fingerprint density at radius 2 is 1.76 bits per heavy atom. The molecule has 45 heavy (non-hydrogen) atoms. The Balaban J connectivity index is 0.000000187. The number of thiophene rings is 1. The minimum Gasteiger partial charge on any atom is 0 e. The van der Waals surface area contributed by atoms with Crippen molar-refractivity contribution in [3.05, 3.63) is 114 Å². The van der Waals surface area contributed by atoms with E-state index in [1.165, 1.54) is 36.2 Å². The summed E-state index contributed by atoms with van der Waals surface area (Å²) in [5, 5.41) is 2.60. The molecule has 0 unspecified atom stereocenters. The zero-order valence-electron chi connectivity index (χ0n) is 30.5. The second-order valence-electron chi connectivity index (χ2n) is 12.2.